The van der Waals surface area contributed by atoms with Crippen molar-refractivity contribution in [3.8, 4) is 0 Å². The Morgan fingerprint density at radius 1 is 1.19 bits per heavy atom. The zero-order valence-corrected chi connectivity index (χ0v) is 15.9. The minimum atomic E-state index is -0.405. The number of esters is 1. The van der Waals surface area contributed by atoms with Crippen molar-refractivity contribution < 1.29 is 28.5 Å². The van der Waals surface area contributed by atoms with E-state index in [1.54, 1.807) is 0 Å². The fourth-order valence-corrected chi connectivity index (χ4v) is 3.36. The molecule has 0 saturated carbocycles. The van der Waals surface area contributed by atoms with Crippen LogP contribution in [0.3, 0.4) is 0 Å². The molecule has 148 valence electrons. The molecule has 0 aromatic rings. The highest BCUT2D eigenvalue weighted by molar-refractivity contribution is 5.69. The highest BCUT2D eigenvalue weighted by Gasteiger charge is 2.38. The van der Waals surface area contributed by atoms with Gasteiger partial charge in [-0.3, -0.25) is 4.79 Å². The molecule has 2 saturated heterocycles. The van der Waals surface area contributed by atoms with Crippen molar-refractivity contribution in [3.05, 3.63) is 12.2 Å². The van der Waals surface area contributed by atoms with Gasteiger partial charge in [-0.05, 0) is 52.4 Å². The lowest BCUT2D eigenvalue weighted by Crippen LogP contribution is -2.33. The predicted octanol–water partition coefficient (Wildman–Crippen LogP) is 3.18. The highest BCUT2D eigenvalue weighted by atomic mass is 16.7. The molecule has 0 amide bonds. The van der Waals surface area contributed by atoms with Crippen molar-refractivity contribution >= 4 is 12.3 Å². The van der Waals surface area contributed by atoms with E-state index in [1.165, 1.54) is 0 Å². The predicted molar refractivity (Wildman–Crippen MR) is 96.6 cm³/mol. The van der Waals surface area contributed by atoms with Gasteiger partial charge in [-0.1, -0.05) is 12.2 Å². The van der Waals surface area contributed by atoms with Crippen molar-refractivity contribution in [2.45, 2.75) is 83.4 Å². The Kier molecular flexibility index (Phi) is 9.29. The fraction of sp³-hybridized carbons (Fsp3) is 0.800. The van der Waals surface area contributed by atoms with Crippen molar-refractivity contribution in [1.29, 1.82) is 0 Å². The molecule has 3 unspecified atom stereocenters. The lowest BCUT2D eigenvalue weighted by molar-refractivity contribution is -0.194. The van der Waals surface area contributed by atoms with Crippen LogP contribution in [0.1, 0.15) is 58.8 Å². The van der Waals surface area contributed by atoms with E-state index in [4.69, 9.17) is 18.9 Å². The molecule has 0 bridgehead atoms. The van der Waals surface area contributed by atoms with Crippen molar-refractivity contribution in [3.63, 3.8) is 0 Å². The number of ether oxygens (including phenoxy) is 4. The first-order valence-electron chi connectivity index (χ1n) is 9.78. The van der Waals surface area contributed by atoms with Gasteiger partial charge in [0.05, 0.1) is 18.8 Å². The summed E-state index contributed by atoms with van der Waals surface area (Å²) in [5.74, 6) is -0.121. The second-order valence-corrected chi connectivity index (χ2v) is 7.19. The van der Waals surface area contributed by atoms with Gasteiger partial charge in [-0.25, -0.2) is 0 Å². The molecule has 2 rings (SSSR count). The third-order valence-corrected chi connectivity index (χ3v) is 4.67. The Bertz CT molecular complexity index is 455. The lowest BCUT2D eigenvalue weighted by Gasteiger charge is -2.28. The summed E-state index contributed by atoms with van der Waals surface area (Å²) < 4.78 is 22.4. The van der Waals surface area contributed by atoms with E-state index in [2.05, 4.69) is 6.08 Å². The number of rotatable bonds is 10. The second-order valence-electron chi connectivity index (χ2n) is 7.19. The van der Waals surface area contributed by atoms with Gasteiger partial charge in [0.2, 0.25) is 0 Å². The SMILES string of the molecule is CC(C)OC(=O)CCC=CCCC1C(OC2CCCCO2)CO[C@@H]1C=O. The van der Waals surface area contributed by atoms with Gasteiger partial charge >= 0.3 is 5.97 Å². The monoisotopic (exact) mass is 368 g/mol. The van der Waals surface area contributed by atoms with E-state index in [9.17, 15) is 9.59 Å². The van der Waals surface area contributed by atoms with E-state index in [1.807, 2.05) is 19.9 Å². The normalized spacial score (nSPS) is 29.3. The van der Waals surface area contributed by atoms with Gasteiger partial charge in [0.15, 0.2) is 6.29 Å². The minimum absolute atomic E-state index is 0.0496. The van der Waals surface area contributed by atoms with Gasteiger partial charge < -0.3 is 23.7 Å². The first-order chi connectivity index (χ1) is 12.6. The number of carbonyl (C=O) groups excluding carboxylic acids is 2. The molecule has 2 heterocycles. The summed E-state index contributed by atoms with van der Waals surface area (Å²) in [5, 5.41) is 0. The maximum Gasteiger partial charge on any atom is 0.306 e. The van der Waals surface area contributed by atoms with E-state index in [0.29, 0.717) is 19.4 Å². The number of carbonyl (C=O) groups is 2. The van der Waals surface area contributed by atoms with Gasteiger partial charge in [0, 0.05) is 18.9 Å². The molecule has 6 heteroatoms. The number of hydrogen-bond donors (Lipinski definition) is 0. The fourth-order valence-electron chi connectivity index (χ4n) is 3.36. The third-order valence-electron chi connectivity index (χ3n) is 4.67. The summed E-state index contributed by atoms with van der Waals surface area (Å²) in [6.07, 6.45) is 9.97. The number of allylic oxidation sites excluding steroid dienone is 2. The minimum Gasteiger partial charge on any atom is -0.463 e. The highest BCUT2D eigenvalue weighted by Crippen LogP contribution is 2.30. The molecule has 0 aliphatic carbocycles. The summed E-state index contributed by atoms with van der Waals surface area (Å²) in [5.41, 5.74) is 0. The largest absolute Gasteiger partial charge is 0.463 e. The lowest BCUT2D eigenvalue weighted by atomic mass is 9.94. The Morgan fingerprint density at radius 3 is 2.69 bits per heavy atom. The van der Waals surface area contributed by atoms with E-state index < -0.39 is 6.10 Å². The van der Waals surface area contributed by atoms with Crippen LogP contribution in [-0.2, 0) is 28.5 Å². The molecule has 0 aromatic heterocycles. The summed E-state index contributed by atoms with van der Waals surface area (Å²) in [7, 11) is 0. The van der Waals surface area contributed by atoms with Crippen LogP contribution < -0.4 is 0 Å². The standard InChI is InChI=1S/C20H32O6/c1-15(2)25-19(22)10-6-4-3-5-9-16-17(13-21)24-14-18(16)26-20-11-7-8-12-23-20/h3-4,13,15-18,20H,5-12,14H2,1-2H3/t16?,17-,18?,20?/m1/s1. The summed E-state index contributed by atoms with van der Waals surface area (Å²) >= 11 is 0. The average molecular weight is 368 g/mol. The third kappa shape index (κ3) is 7.17. The van der Waals surface area contributed by atoms with Crippen LogP contribution in [-0.4, -0.2) is 50.1 Å². The van der Waals surface area contributed by atoms with Gasteiger partial charge in [-0.15, -0.1) is 0 Å². The second kappa shape index (κ2) is 11.5. The molecule has 0 aromatic carbocycles. The van der Waals surface area contributed by atoms with Crippen molar-refractivity contribution in [2.24, 2.45) is 5.92 Å². The molecule has 26 heavy (non-hydrogen) atoms. The molecular formula is C20H32O6. The van der Waals surface area contributed by atoms with Crippen LogP contribution in [0.25, 0.3) is 0 Å². The molecule has 6 nitrogen and oxygen atoms in total. The Balaban J connectivity index is 1.71. The molecule has 0 spiro atoms. The quantitative estimate of drug-likeness (QED) is 0.335. The van der Waals surface area contributed by atoms with Crippen LogP contribution in [0, 0.1) is 5.92 Å². The van der Waals surface area contributed by atoms with Crippen molar-refractivity contribution in [2.75, 3.05) is 13.2 Å². The molecule has 2 aliphatic heterocycles. The molecule has 0 N–H and O–H groups in total. The van der Waals surface area contributed by atoms with Crippen LogP contribution in [0.15, 0.2) is 12.2 Å². The Morgan fingerprint density at radius 2 is 2.00 bits per heavy atom. The van der Waals surface area contributed by atoms with Gasteiger partial charge in [0.1, 0.15) is 12.4 Å². The van der Waals surface area contributed by atoms with Crippen LogP contribution in [0.5, 0.6) is 0 Å². The van der Waals surface area contributed by atoms with Crippen LogP contribution >= 0.6 is 0 Å². The zero-order chi connectivity index (χ0) is 18.8. The van der Waals surface area contributed by atoms with Crippen LogP contribution in [0.4, 0.5) is 0 Å². The maximum absolute atomic E-state index is 11.5. The first-order valence-corrected chi connectivity index (χ1v) is 9.78. The Hall–Kier alpha value is -1.24. The summed E-state index contributed by atoms with van der Waals surface area (Å²) in [6.45, 7) is 4.87. The average Bonchev–Trinajstić information content (AvgIpc) is 3.00. The first kappa shape index (κ1) is 21.1. The molecule has 2 aliphatic rings. The zero-order valence-electron chi connectivity index (χ0n) is 15.9. The molecule has 2 fully saturated rings. The topological polar surface area (TPSA) is 71.1 Å². The molecule has 0 radical (unpaired) electrons. The van der Waals surface area contributed by atoms with Gasteiger partial charge in [-0.2, -0.15) is 0 Å². The van der Waals surface area contributed by atoms with E-state index in [-0.39, 0.29) is 30.4 Å². The Labute approximate surface area is 156 Å². The number of aldehydes is 1. The van der Waals surface area contributed by atoms with Crippen molar-refractivity contribution in [1.82, 2.24) is 0 Å². The summed E-state index contributed by atoms with van der Waals surface area (Å²) in [4.78, 5) is 22.7. The van der Waals surface area contributed by atoms with Crippen LogP contribution in [0.2, 0.25) is 0 Å². The smallest absolute Gasteiger partial charge is 0.306 e. The molecular weight excluding hydrogens is 336 g/mol. The van der Waals surface area contributed by atoms with E-state index in [0.717, 1.165) is 45.0 Å². The van der Waals surface area contributed by atoms with Gasteiger partial charge in [0.25, 0.3) is 0 Å². The molecule has 4 atom stereocenters. The summed E-state index contributed by atoms with van der Waals surface area (Å²) in [6, 6.07) is 0. The van der Waals surface area contributed by atoms with E-state index >= 15 is 0 Å². The maximum atomic E-state index is 11.5. The number of hydrogen-bond acceptors (Lipinski definition) is 6.